The topological polar surface area (TPSA) is 68.7 Å². The number of H-pyrrole nitrogens is 1. The summed E-state index contributed by atoms with van der Waals surface area (Å²) in [6.45, 7) is 5.92. The van der Waals surface area contributed by atoms with E-state index < -0.39 is 5.91 Å². The quantitative estimate of drug-likeness (QED) is 0.543. The summed E-state index contributed by atoms with van der Waals surface area (Å²) in [4.78, 5) is 15.7. The maximum absolute atomic E-state index is 12.6. The van der Waals surface area contributed by atoms with Gasteiger partial charge >= 0.3 is 0 Å². The highest BCUT2D eigenvalue weighted by atomic mass is 16.1. The molecule has 3 rings (SSSR count). The first-order valence-corrected chi connectivity index (χ1v) is 8.06. The average molecular weight is 329 g/mol. The Morgan fingerprint density at radius 3 is 2.52 bits per heavy atom. The number of carbonyl (C=O) groups excluding carboxylic acids is 1. The summed E-state index contributed by atoms with van der Waals surface area (Å²) in [5.74, 6) is -0.400. The average Bonchev–Trinajstić information content (AvgIpc) is 2.98. The van der Waals surface area contributed by atoms with E-state index in [-0.39, 0.29) is 5.57 Å². The van der Waals surface area contributed by atoms with Crippen LogP contribution >= 0.6 is 0 Å². The van der Waals surface area contributed by atoms with Crippen LogP contribution in [0.1, 0.15) is 22.3 Å². The van der Waals surface area contributed by atoms with Crippen molar-refractivity contribution in [1.82, 2.24) is 4.98 Å². The third-order valence-electron chi connectivity index (χ3n) is 4.20. The minimum Gasteiger partial charge on any atom is -0.361 e. The molecular weight excluding hydrogens is 310 g/mol. The molecule has 124 valence electrons. The molecule has 4 nitrogen and oxygen atoms in total. The third kappa shape index (κ3) is 3.31. The molecule has 0 atom stereocenters. The van der Waals surface area contributed by atoms with Crippen LogP contribution in [0.5, 0.6) is 0 Å². The number of nitrogens with zero attached hydrogens (tertiary/aromatic N) is 1. The predicted molar refractivity (Wildman–Crippen MR) is 101 cm³/mol. The largest absolute Gasteiger partial charge is 0.361 e. The number of hydrogen-bond acceptors (Lipinski definition) is 2. The van der Waals surface area contributed by atoms with E-state index >= 15 is 0 Å². The van der Waals surface area contributed by atoms with Crippen molar-refractivity contribution in [3.8, 4) is 6.07 Å². The lowest BCUT2D eigenvalue weighted by molar-refractivity contribution is -0.112. The highest BCUT2D eigenvalue weighted by Crippen LogP contribution is 2.24. The lowest BCUT2D eigenvalue weighted by Gasteiger charge is -2.12. The highest BCUT2D eigenvalue weighted by Gasteiger charge is 2.13. The van der Waals surface area contributed by atoms with Gasteiger partial charge in [-0.2, -0.15) is 5.26 Å². The van der Waals surface area contributed by atoms with Crippen LogP contribution in [0.3, 0.4) is 0 Å². The van der Waals surface area contributed by atoms with E-state index in [2.05, 4.69) is 10.3 Å². The van der Waals surface area contributed by atoms with Crippen molar-refractivity contribution in [1.29, 1.82) is 5.26 Å². The molecule has 0 aliphatic rings. The first-order chi connectivity index (χ1) is 12.0. The lowest BCUT2D eigenvalue weighted by Crippen LogP contribution is -2.15. The fourth-order valence-electron chi connectivity index (χ4n) is 3.08. The molecular formula is C21H19N3O. The molecule has 0 saturated heterocycles. The van der Waals surface area contributed by atoms with Crippen LogP contribution in [0.2, 0.25) is 0 Å². The van der Waals surface area contributed by atoms with Gasteiger partial charge in [-0.05, 0) is 44.0 Å². The van der Waals surface area contributed by atoms with Crippen LogP contribution in [0, 0.1) is 32.1 Å². The number of nitrogens with one attached hydrogen (secondary N) is 2. The molecule has 0 unspecified atom stereocenters. The monoisotopic (exact) mass is 329 g/mol. The molecule has 0 radical (unpaired) electrons. The number of para-hydroxylation sites is 1. The van der Waals surface area contributed by atoms with E-state index in [0.717, 1.165) is 38.8 Å². The number of aromatic nitrogens is 1. The lowest BCUT2D eigenvalue weighted by atomic mass is 10.0. The summed E-state index contributed by atoms with van der Waals surface area (Å²) >= 11 is 0. The van der Waals surface area contributed by atoms with E-state index in [1.54, 1.807) is 12.3 Å². The van der Waals surface area contributed by atoms with Crippen LogP contribution in [0.25, 0.3) is 17.0 Å². The minimum absolute atomic E-state index is 0.0733. The zero-order valence-corrected chi connectivity index (χ0v) is 14.5. The molecule has 0 fully saturated rings. The van der Waals surface area contributed by atoms with E-state index in [1.807, 2.05) is 63.2 Å². The van der Waals surface area contributed by atoms with Gasteiger partial charge in [-0.3, -0.25) is 4.79 Å². The summed E-state index contributed by atoms with van der Waals surface area (Å²) in [6.07, 6.45) is 3.42. The number of rotatable bonds is 3. The molecule has 0 aliphatic heterocycles. The number of nitriles is 1. The maximum atomic E-state index is 12.6. The molecule has 4 heteroatoms. The van der Waals surface area contributed by atoms with Crippen molar-refractivity contribution in [2.24, 2.45) is 0 Å². The zero-order valence-electron chi connectivity index (χ0n) is 14.5. The molecule has 0 saturated carbocycles. The number of hydrogen-bond donors (Lipinski definition) is 2. The van der Waals surface area contributed by atoms with Crippen LogP contribution in [0.4, 0.5) is 5.69 Å². The molecule has 0 bridgehead atoms. The normalized spacial score (nSPS) is 11.4. The van der Waals surface area contributed by atoms with Gasteiger partial charge < -0.3 is 10.3 Å². The molecule has 1 aromatic heterocycles. The second-order valence-corrected chi connectivity index (χ2v) is 6.19. The Kier molecular flexibility index (Phi) is 4.40. The van der Waals surface area contributed by atoms with Crippen LogP contribution in [-0.2, 0) is 4.79 Å². The molecule has 25 heavy (non-hydrogen) atoms. The third-order valence-corrected chi connectivity index (χ3v) is 4.20. The van der Waals surface area contributed by atoms with Crippen LogP contribution in [0.15, 0.2) is 48.2 Å². The Morgan fingerprint density at radius 1 is 1.16 bits per heavy atom. The van der Waals surface area contributed by atoms with Gasteiger partial charge in [0.05, 0.1) is 0 Å². The van der Waals surface area contributed by atoms with Crippen molar-refractivity contribution in [3.05, 3.63) is 70.4 Å². The van der Waals surface area contributed by atoms with Gasteiger partial charge in [-0.25, -0.2) is 0 Å². The maximum Gasteiger partial charge on any atom is 0.266 e. The molecule has 0 spiro atoms. The van der Waals surface area contributed by atoms with E-state index in [0.29, 0.717) is 0 Å². The number of anilines is 1. The Morgan fingerprint density at radius 2 is 1.84 bits per heavy atom. The molecule has 2 aromatic carbocycles. The molecule has 2 N–H and O–H groups in total. The summed E-state index contributed by atoms with van der Waals surface area (Å²) in [6, 6.07) is 13.8. The van der Waals surface area contributed by atoms with E-state index in [4.69, 9.17) is 0 Å². The van der Waals surface area contributed by atoms with Crippen molar-refractivity contribution >= 4 is 28.6 Å². The molecule has 0 aliphatic carbocycles. The first-order valence-electron chi connectivity index (χ1n) is 8.06. The predicted octanol–water partition coefficient (Wildman–Crippen LogP) is 4.64. The smallest absolute Gasteiger partial charge is 0.266 e. The Hall–Kier alpha value is -3.32. The summed E-state index contributed by atoms with van der Waals surface area (Å²) in [7, 11) is 0. The van der Waals surface area contributed by atoms with Gasteiger partial charge in [0.25, 0.3) is 5.91 Å². The van der Waals surface area contributed by atoms with E-state index in [9.17, 15) is 10.1 Å². The molecule has 3 aromatic rings. The minimum atomic E-state index is -0.400. The summed E-state index contributed by atoms with van der Waals surface area (Å²) < 4.78 is 0. The van der Waals surface area contributed by atoms with Gasteiger partial charge in [0.2, 0.25) is 0 Å². The summed E-state index contributed by atoms with van der Waals surface area (Å²) in [5, 5.41) is 13.3. The van der Waals surface area contributed by atoms with Gasteiger partial charge in [-0.15, -0.1) is 0 Å². The van der Waals surface area contributed by atoms with Gasteiger partial charge in [0, 0.05) is 28.4 Å². The number of carbonyl (C=O) groups is 1. The SMILES string of the molecule is Cc1cc(C)c(NC(=O)C(C#N)=Cc2c[nH]c3ccccc23)c(C)c1. The summed E-state index contributed by atoms with van der Waals surface area (Å²) in [5.41, 5.74) is 5.73. The van der Waals surface area contributed by atoms with Crippen molar-refractivity contribution in [3.63, 3.8) is 0 Å². The fraction of sp³-hybridized carbons (Fsp3) is 0.143. The standard InChI is InChI=1S/C21H19N3O/c1-13-8-14(2)20(15(3)9-13)24-21(25)16(11-22)10-17-12-23-19-7-5-4-6-18(17)19/h4-10,12,23H,1-3H3,(H,24,25). The Balaban J connectivity index is 1.94. The number of aromatic amines is 1. The van der Waals surface area contributed by atoms with Crippen molar-refractivity contribution in [2.75, 3.05) is 5.32 Å². The Bertz CT molecular complexity index is 1010. The number of amides is 1. The molecule has 1 amide bonds. The Labute approximate surface area is 146 Å². The highest BCUT2D eigenvalue weighted by molar-refractivity contribution is 6.11. The number of benzene rings is 2. The van der Waals surface area contributed by atoms with Gasteiger partial charge in [-0.1, -0.05) is 35.9 Å². The van der Waals surface area contributed by atoms with E-state index in [1.165, 1.54) is 0 Å². The van der Waals surface area contributed by atoms with Crippen molar-refractivity contribution < 1.29 is 4.79 Å². The number of fused-ring (bicyclic) bond motifs is 1. The second kappa shape index (κ2) is 6.66. The first kappa shape index (κ1) is 16.5. The van der Waals surface area contributed by atoms with Crippen molar-refractivity contribution in [2.45, 2.75) is 20.8 Å². The zero-order chi connectivity index (χ0) is 18.0. The molecule has 1 heterocycles. The van der Waals surface area contributed by atoms with Gasteiger partial charge in [0.1, 0.15) is 11.6 Å². The van der Waals surface area contributed by atoms with Crippen LogP contribution in [-0.4, -0.2) is 10.9 Å². The number of aryl methyl sites for hydroxylation is 3. The van der Waals surface area contributed by atoms with Crippen LogP contribution < -0.4 is 5.32 Å². The van der Waals surface area contributed by atoms with Gasteiger partial charge in [0.15, 0.2) is 0 Å². The fourth-order valence-corrected chi connectivity index (χ4v) is 3.08. The second-order valence-electron chi connectivity index (χ2n) is 6.19.